The molecule has 2 aliphatic rings. The normalized spacial score (nSPS) is 27.0. The summed E-state index contributed by atoms with van der Waals surface area (Å²) in [6, 6.07) is 1.09. The lowest BCUT2D eigenvalue weighted by Gasteiger charge is -2.32. The van der Waals surface area contributed by atoms with Gasteiger partial charge in [0.2, 0.25) is 0 Å². The molecular weight excluding hydrogens is 294 g/mol. The zero-order chi connectivity index (χ0) is 13.9. The van der Waals surface area contributed by atoms with Crippen molar-refractivity contribution in [2.24, 2.45) is 0 Å². The van der Waals surface area contributed by atoms with Gasteiger partial charge in [-0.25, -0.2) is 4.98 Å². The third-order valence-electron chi connectivity index (χ3n) is 4.37. The molecule has 0 saturated carbocycles. The molecule has 112 valence electrons. The molecule has 3 heterocycles. The first kappa shape index (κ1) is 14.7. The Morgan fingerprint density at radius 1 is 1.45 bits per heavy atom. The van der Waals surface area contributed by atoms with E-state index in [2.05, 4.69) is 27.1 Å². The van der Waals surface area contributed by atoms with E-state index >= 15 is 0 Å². The summed E-state index contributed by atoms with van der Waals surface area (Å²) >= 11 is 7.58. The second-order valence-corrected chi connectivity index (χ2v) is 6.73. The van der Waals surface area contributed by atoms with Crippen LogP contribution in [0.4, 0.5) is 0 Å². The fourth-order valence-corrected chi connectivity index (χ4v) is 4.23. The first-order valence-electron chi connectivity index (χ1n) is 7.34. The third-order valence-corrected chi connectivity index (χ3v) is 5.71. The number of thiazole rings is 1. The van der Waals surface area contributed by atoms with E-state index in [1.165, 1.54) is 18.0 Å². The van der Waals surface area contributed by atoms with Crippen LogP contribution in [-0.4, -0.2) is 60.2 Å². The maximum Gasteiger partial charge on any atom is 0.110 e. The molecule has 2 aliphatic heterocycles. The topological polar surface area (TPSA) is 28.6 Å². The summed E-state index contributed by atoms with van der Waals surface area (Å²) in [5.41, 5.74) is 1.00. The Morgan fingerprint density at radius 2 is 2.25 bits per heavy atom. The fourth-order valence-electron chi connectivity index (χ4n) is 3.09. The number of alkyl halides is 1. The van der Waals surface area contributed by atoms with Crippen LogP contribution in [0.2, 0.25) is 0 Å². The van der Waals surface area contributed by atoms with E-state index in [1.54, 1.807) is 11.3 Å². The van der Waals surface area contributed by atoms with Crippen molar-refractivity contribution in [3.63, 3.8) is 0 Å². The highest BCUT2D eigenvalue weighted by Crippen LogP contribution is 2.29. The van der Waals surface area contributed by atoms with Gasteiger partial charge in [0, 0.05) is 37.6 Å². The quantitative estimate of drug-likeness (QED) is 0.798. The Kier molecular flexibility index (Phi) is 4.94. The molecule has 2 fully saturated rings. The van der Waals surface area contributed by atoms with E-state index in [4.69, 9.17) is 16.3 Å². The smallest absolute Gasteiger partial charge is 0.110 e. The molecule has 3 rings (SSSR count). The molecule has 2 atom stereocenters. The van der Waals surface area contributed by atoms with Gasteiger partial charge in [0.15, 0.2) is 0 Å². The molecule has 1 aromatic heterocycles. The van der Waals surface area contributed by atoms with Crippen molar-refractivity contribution in [2.45, 2.75) is 31.3 Å². The van der Waals surface area contributed by atoms with Crippen LogP contribution in [0.5, 0.6) is 0 Å². The van der Waals surface area contributed by atoms with E-state index in [-0.39, 0.29) is 0 Å². The highest BCUT2D eigenvalue weighted by Gasteiger charge is 2.32. The van der Waals surface area contributed by atoms with Crippen LogP contribution in [0.1, 0.15) is 30.1 Å². The Bertz CT molecular complexity index is 436. The number of likely N-dealkylation sites (tertiary alicyclic amines) is 1. The van der Waals surface area contributed by atoms with E-state index in [9.17, 15) is 0 Å². The van der Waals surface area contributed by atoms with Crippen molar-refractivity contribution in [1.29, 1.82) is 0 Å². The highest BCUT2D eigenvalue weighted by atomic mass is 35.5. The monoisotopic (exact) mass is 315 g/mol. The van der Waals surface area contributed by atoms with Gasteiger partial charge < -0.3 is 4.74 Å². The van der Waals surface area contributed by atoms with Crippen LogP contribution < -0.4 is 0 Å². The molecule has 0 N–H and O–H groups in total. The summed E-state index contributed by atoms with van der Waals surface area (Å²) in [6.45, 7) is 8.52. The Labute approximate surface area is 129 Å². The predicted octanol–water partition coefficient (Wildman–Crippen LogP) is 2.35. The van der Waals surface area contributed by atoms with Gasteiger partial charge in [-0.2, -0.15) is 0 Å². The third kappa shape index (κ3) is 3.17. The summed E-state index contributed by atoms with van der Waals surface area (Å²) in [5.74, 6) is 0.514. The fraction of sp³-hybridized carbons (Fsp3) is 0.786. The number of rotatable bonds is 4. The zero-order valence-electron chi connectivity index (χ0n) is 11.9. The summed E-state index contributed by atoms with van der Waals surface area (Å²) in [6.07, 6.45) is 1.26. The molecule has 1 aromatic rings. The van der Waals surface area contributed by atoms with Gasteiger partial charge >= 0.3 is 0 Å². The van der Waals surface area contributed by atoms with Crippen molar-refractivity contribution in [3.05, 3.63) is 16.1 Å². The lowest BCUT2D eigenvalue weighted by atomic mass is 10.2. The summed E-state index contributed by atoms with van der Waals surface area (Å²) in [5, 5.41) is 3.28. The summed E-state index contributed by atoms with van der Waals surface area (Å²) in [4.78, 5) is 9.76. The average molecular weight is 316 g/mol. The maximum atomic E-state index is 5.84. The molecule has 0 amide bonds. The van der Waals surface area contributed by atoms with Crippen LogP contribution >= 0.6 is 22.9 Å². The van der Waals surface area contributed by atoms with Crippen molar-refractivity contribution < 1.29 is 4.74 Å². The first-order valence-corrected chi connectivity index (χ1v) is 8.75. The van der Waals surface area contributed by atoms with Crippen molar-refractivity contribution >= 4 is 22.9 Å². The number of hydrogen-bond acceptors (Lipinski definition) is 5. The molecule has 0 aliphatic carbocycles. The number of ether oxygens (including phenoxy) is 1. The number of morpholine rings is 1. The Hall–Kier alpha value is -0.200. The molecule has 20 heavy (non-hydrogen) atoms. The van der Waals surface area contributed by atoms with E-state index in [0.29, 0.717) is 18.0 Å². The number of halogens is 1. The summed E-state index contributed by atoms with van der Waals surface area (Å²) in [7, 11) is 0. The molecule has 0 aromatic carbocycles. The molecule has 0 spiro atoms. The molecule has 2 unspecified atom stereocenters. The van der Waals surface area contributed by atoms with Crippen LogP contribution in [0.25, 0.3) is 0 Å². The molecule has 0 radical (unpaired) electrons. The highest BCUT2D eigenvalue weighted by molar-refractivity contribution is 7.09. The molecule has 4 nitrogen and oxygen atoms in total. The lowest BCUT2D eigenvalue weighted by Crippen LogP contribution is -2.44. The average Bonchev–Trinajstić information content (AvgIpc) is 3.17. The van der Waals surface area contributed by atoms with Crippen LogP contribution in [0, 0.1) is 0 Å². The second kappa shape index (κ2) is 6.71. The Morgan fingerprint density at radius 3 is 2.95 bits per heavy atom. The van der Waals surface area contributed by atoms with Crippen molar-refractivity contribution in [1.82, 2.24) is 14.8 Å². The van der Waals surface area contributed by atoms with Gasteiger partial charge in [-0.1, -0.05) is 0 Å². The molecule has 2 saturated heterocycles. The lowest BCUT2D eigenvalue weighted by molar-refractivity contribution is 0.0177. The number of hydrogen-bond donors (Lipinski definition) is 0. The largest absolute Gasteiger partial charge is 0.379 e. The molecular formula is C14H22ClN3OS. The van der Waals surface area contributed by atoms with E-state index in [0.717, 1.165) is 38.5 Å². The number of nitrogens with zero attached hydrogens (tertiary/aromatic N) is 3. The second-order valence-electron chi connectivity index (χ2n) is 5.57. The van der Waals surface area contributed by atoms with Crippen molar-refractivity contribution in [3.8, 4) is 0 Å². The zero-order valence-corrected chi connectivity index (χ0v) is 13.5. The van der Waals surface area contributed by atoms with Crippen molar-refractivity contribution in [2.75, 3.05) is 39.4 Å². The molecule has 0 bridgehead atoms. The van der Waals surface area contributed by atoms with Crippen LogP contribution in [-0.2, 0) is 10.6 Å². The summed E-state index contributed by atoms with van der Waals surface area (Å²) < 4.78 is 5.44. The van der Waals surface area contributed by atoms with E-state index in [1.807, 2.05) is 0 Å². The minimum Gasteiger partial charge on any atom is -0.379 e. The molecule has 6 heteroatoms. The van der Waals surface area contributed by atoms with Gasteiger partial charge in [0.05, 0.1) is 30.8 Å². The van der Waals surface area contributed by atoms with Gasteiger partial charge in [-0.15, -0.1) is 22.9 Å². The Balaban J connectivity index is 1.58. The van der Waals surface area contributed by atoms with Gasteiger partial charge in [-0.05, 0) is 13.3 Å². The minimum atomic E-state index is 0.406. The van der Waals surface area contributed by atoms with E-state index < -0.39 is 0 Å². The van der Waals surface area contributed by atoms with Crippen LogP contribution in [0.3, 0.4) is 0 Å². The number of aromatic nitrogens is 1. The van der Waals surface area contributed by atoms with Gasteiger partial charge in [0.25, 0.3) is 0 Å². The predicted molar refractivity (Wildman–Crippen MR) is 82.5 cm³/mol. The standard InChI is InChI=1S/C14H22ClN3OS/c1-11(14-16-12(8-15)10-20-14)18-3-2-13(9-18)17-4-6-19-7-5-17/h10-11,13H,2-9H2,1H3. The maximum absolute atomic E-state index is 5.84. The SMILES string of the molecule is CC(c1nc(CCl)cs1)N1CCC(N2CCOCC2)C1. The minimum absolute atomic E-state index is 0.406. The first-order chi connectivity index (χ1) is 9.78. The van der Waals surface area contributed by atoms with Gasteiger partial charge in [-0.3, -0.25) is 9.80 Å². The van der Waals surface area contributed by atoms with Gasteiger partial charge in [0.1, 0.15) is 5.01 Å². The van der Waals surface area contributed by atoms with Crippen LogP contribution in [0.15, 0.2) is 5.38 Å².